The average Bonchev–Trinajstić information content (AvgIpc) is 2.50. The third-order valence-electron chi connectivity index (χ3n) is 2.51. The Kier molecular flexibility index (Phi) is 4.77. The van der Waals surface area contributed by atoms with Gasteiger partial charge >= 0.3 is 11.9 Å². The number of benzene rings is 2. The summed E-state index contributed by atoms with van der Waals surface area (Å²) in [6.07, 6.45) is 1.71. The molecule has 0 atom stereocenters. The molecule has 0 fully saturated rings. The van der Waals surface area contributed by atoms with Crippen LogP contribution in [-0.4, -0.2) is 22.2 Å². The Morgan fingerprint density at radius 3 is 1.45 bits per heavy atom. The number of hydrogen-bond acceptors (Lipinski definition) is 6. The van der Waals surface area contributed by atoms with Gasteiger partial charge in [-0.1, -0.05) is 24.3 Å². The van der Waals surface area contributed by atoms with E-state index < -0.39 is 11.9 Å². The minimum absolute atomic E-state index is 0.0220. The highest BCUT2D eigenvalue weighted by molar-refractivity contribution is 5.93. The fourth-order valence-electron chi connectivity index (χ4n) is 1.51. The van der Waals surface area contributed by atoms with Gasteiger partial charge in [0.2, 0.25) is 0 Å². The molecule has 112 valence electrons. The molecule has 0 spiro atoms. The van der Waals surface area contributed by atoms with Gasteiger partial charge in [0.25, 0.3) is 0 Å². The topological polar surface area (TPSA) is 93.1 Å². The Labute approximate surface area is 125 Å². The molecule has 0 aliphatic rings. The molecule has 0 amide bonds. The quantitative estimate of drug-likeness (QED) is 0.510. The molecule has 0 aromatic heterocycles. The van der Waals surface area contributed by atoms with E-state index >= 15 is 0 Å². The van der Waals surface area contributed by atoms with E-state index in [1.807, 2.05) is 0 Å². The summed E-state index contributed by atoms with van der Waals surface area (Å²) in [6, 6.07) is 11.8. The maximum Gasteiger partial charge on any atom is 0.336 e. The largest absolute Gasteiger partial charge is 0.504 e. The number of phenolic OH excluding ortho intramolecular Hbond substituents is 2. The number of para-hydroxylation sites is 4. The van der Waals surface area contributed by atoms with Gasteiger partial charge in [-0.3, -0.25) is 0 Å². The van der Waals surface area contributed by atoms with E-state index in [1.165, 1.54) is 24.3 Å². The van der Waals surface area contributed by atoms with Crippen LogP contribution in [0.4, 0.5) is 0 Å². The Morgan fingerprint density at radius 1 is 0.727 bits per heavy atom. The van der Waals surface area contributed by atoms with Crippen molar-refractivity contribution in [1.82, 2.24) is 0 Å². The van der Waals surface area contributed by atoms with Crippen molar-refractivity contribution in [3.63, 3.8) is 0 Å². The van der Waals surface area contributed by atoms with Crippen molar-refractivity contribution in [3.8, 4) is 23.0 Å². The van der Waals surface area contributed by atoms with Gasteiger partial charge in [-0.15, -0.1) is 0 Å². The Balaban J connectivity index is 1.94. The van der Waals surface area contributed by atoms with E-state index in [4.69, 9.17) is 9.47 Å². The molecule has 6 heteroatoms. The molecule has 0 aliphatic carbocycles. The SMILES string of the molecule is O=C(C=CC(=O)Oc1ccccc1O)Oc1ccccc1O. The smallest absolute Gasteiger partial charge is 0.336 e. The van der Waals surface area contributed by atoms with Crippen LogP contribution < -0.4 is 9.47 Å². The van der Waals surface area contributed by atoms with Gasteiger partial charge in [0.15, 0.2) is 23.0 Å². The van der Waals surface area contributed by atoms with Crippen LogP contribution >= 0.6 is 0 Å². The first-order valence-corrected chi connectivity index (χ1v) is 6.24. The van der Waals surface area contributed by atoms with Crippen LogP contribution in [0.15, 0.2) is 60.7 Å². The molecule has 2 aromatic rings. The van der Waals surface area contributed by atoms with E-state index in [0.29, 0.717) is 0 Å². The molecule has 2 aromatic carbocycles. The first kappa shape index (κ1) is 15.1. The molecule has 2 N–H and O–H groups in total. The van der Waals surface area contributed by atoms with Crippen molar-refractivity contribution in [2.45, 2.75) is 0 Å². The average molecular weight is 300 g/mol. The third-order valence-corrected chi connectivity index (χ3v) is 2.51. The molecule has 22 heavy (non-hydrogen) atoms. The molecule has 6 nitrogen and oxygen atoms in total. The zero-order valence-electron chi connectivity index (χ0n) is 11.3. The van der Waals surface area contributed by atoms with Crippen molar-refractivity contribution in [2.75, 3.05) is 0 Å². The van der Waals surface area contributed by atoms with Crippen LogP contribution in [-0.2, 0) is 9.59 Å². The van der Waals surface area contributed by atoms with Crippen LogP contribution in [0.1, 0.15) is 0 Å². The van der Waals surface area contributed by atoms with E-state index in [-0.39, 0.29) is 23.0 Å². The van der Waals surface area contributed by atoms with Gasteiger partial charge in [-0.25, -0.2) is 9.59 Å². The van der Waals surface area contributed by atoms with Crippen molar-refractivity contribution < 1.29 is 29.3 Å². The Bertz CT molecular complexity index is 659. The summed E-state index contributed by atoms with van der Waals surface area (Å²) in [5.41, 5.74) is 0. The van der Waals surface area contributed by atoms with Gasteiger partial charge in [-0.05, 0) is 24.3 Å². The maximum atomic E-state index is 11.5. The summed E-state index contributed by atoms with van der Waals surface area (Å²) in [6.45, 7) is 0. The molecule has 0 saturated carbocycles. The fraction of sp³-hybridized carbons (Fsp3) is 0. The second-order valence-electron chi connectivity index (χ2n) is 4.11. The van der Waals surface area contributed by atoms with Crippen molar-refractivity contribution >= 4 is 11.9 Å². The first-order valence-electron chi connectivity index (χ1n) is 6.24. The van der Waals surface area contributed by atoms with Gasteiger partial charge in [0.05, 0.1) is 0 Å². The molecular weight excluding hydrogens is 288 g/mol. The molecular formula is C16H12O6. The number of rotatable bonds is 4. The second-order valence-corrected chi connectivity index (χ2v) is 4.11. The van der Waals surface area contributed by atoms with Crippen molar-refractivity contribution in [1.29, 1.82) is 0 Å². The summed E-state index contributed by atoms with van der Waals surface area (Å²) in [5, 5.41) is 18.9. The Hall–Kier alpha value is -3.28. The lowest BCUT2D eigenvalue weighted by molar-refractivity contribution is -0.131. The standard InChI is InChI=1S/C16H12O6/c17-11-5-1-3-7-13(11)21-15(19)9-10-16(20)22-14-8-4-2-6-12(14)18/h1-10,17-18H. The predicted molar refractivity (Wildman–Crippen MR) is 76.6 cm³/mol. The number of hydrogen-bond donors (Lipinski definition) is 2. The molecule has 0 unspecified atom stereocenters. The van der Waals surface area contributed by atoms with Crippen LogP contribution in [0.2, 0.25) is 0 Å². The normalized spacial score (nSPS) is 10.4. The van der Waals surface area contributed by atoms with E-state index in [1.54, 1.807) is 24.3 Å². The zero-order chi connectivity index (χ0) is 15.9. The monoisotopic (exact) mass is 300 g/mol. The van der Waals surface area contributed by atoms with Gasteiger partial charge < -0.3 is 19.7 Å². The molecule has 2 rings (SSSR count). The number of carbonyl (C=O) groups excluding carboxylic acids is 2. The van der Waals surface area contributed by atoms with Crippen LogP contribution in [0.25, 0.3) is 0 Å². The summed E-state index contributed by atoms with van der Waals surface area (Å²) < 4.78 is 9.67. The number of aromatic hydroxyl groups is 2. The number of phenols is 2. The van der Waals surface area contributed by atoms with Gasteiger partial charge in [0.1, 0.15) is 0 Å². The summed E-state index contributed by atoms with van der Waals surface area (Å²) in [7, 11) is 0. The number of esters is 2. The highest BCUT2D eigenvalue weighted by atomic mass is 16.5. The molecule has 0 radical (unpaired) electrons. The van der Waals surface area contributed by atoms with Crippen LogP contribution in [0.5, 0.6) is 23.0 Å². The highest BCUT2D eigenvalue weighted by Crippen LogP contribution is 2.25. The lowest BCUT2D eigenvalue weighted by Gasteiger charge is -2.04. The minimum atomic E-state index is -0.851. The van der Waals surface area contributed by atoms with Crippen molar-refractivity contribution in [2.24, 2.45) is 0 Å². The molecule has 0 aliphatic heterocycles. The minimum Gasteiger partial charge on any atom is -0.504 e. The summed E-state index contributed by atoms with van der Waals surface area (Å²) in [5.74, 6) is -2.13. The molecule has 0 bridgehead atoms. The third kappa shape index (κ3) is 4.11. The lowest BCUT2D eigenvalue weighted by Crippen LogP contribution is -2.08. The molecule has 0 heterocycles. The van der Waals surface area contributed by atoms with Crippen molar-refractivity contribution in [3.05, 3.63) is 60.7 Å². The first-order chi connectivity index (χ1) is 10.6. The fourth-order valence-corrected chi connectivity index (χ4v) is 1.51. The lowest BCUT2D eigenvalue weighted by atomic mass is 10.3. The number of ether oxygens (including phenoxy) is 2. The van der Waals surface area contributed by atoms with Crippen LogP contribution in [0, 0.1) is 0 Å². The number of carbonyl (C=O) groups is 2. The van der Waals surface area contributed by atoms with E-state index in [2.05, 4.69) is 0 Å². The van der Waals surface area contributed by atoms with E-state index in [9.17, 15) is 19.8 Å². The maximum absolute atomic E-state index is 11.5. The molecule has 0 saturated heterocycles. The Morgan fingerprint density at radius 2 is 1.09 bits per heavy atom. The zero-order valence-corrected chi connectivity index (χ0v) is 11.3. The highest BCUT2D eigenvalue weighted by Gasteiger charge is 2.08. The van der Waals surface area contributed by atoms with Gasteiger partial charge in [-0.2, -0.15) is 0 Å². The second kappa shape index (κ2) is 6.94. The van der Waals surface area contributed by atoms with Crippen LogP contribution in [0.3, 0.4) is 0 Å². The van der Waals surface area contributed by atoms with E-state index in [0.717, 1.165) is 12.2 Å². The van der Waals surface area contributed by atoms with Gasteiger partial charge in [0, 0.05) is 12.2 Å². The summed E-state index contributed by atoms with van der Waals surface area (Å²) in [4.78, 5) is 23.0. The summed E-state index contributed by atoms with van der Waals surface area (Å²) >= 11 is 0. The predicted octanol–water partition coefficient (Wildman–Crippen LogP) is 2.17.